The van der Waals surface area contributed by atoms with Crippen molar-refractivity contribution in [2.24, 2.45) is 0 Å². The van der Waals surface area contributed by atoms with Crippen LogP contribution < -0.4 is 5.32 Å². The predicted molar refractivity (Wildman–Crippen MR) is 104 cm³/mol. The summed E-state index contributed by atoms with van der Waals surface area (Å²) in [5.41, 5.74) is 0.917. The van der Waals surface area contributed by atoms with E-state index in [1.54, 1.807) is 13.0 Å². The second-order valence-electron chi connectivity index (χ2n) is 6.19. The first kappa shape index (κ1) is 20.3. The van der Waals surface area contributed by atoms with Crippen molar-refractivity contribution in [3.05, 3.63) is 49.6 Å². The maximum absolute atomic E-state index is 12.6. The number of thiophene rings is 1. The molecule has 2 aromatic heterocycles. The van der Waals surface area contributed by atoms with E-state index in [1.807, 2.05) is 0 Å². The number of nitrogens with one attached hydrogen (secondary N) is 1. The molecule has 10 heteroatoms. The molecule has 0 aliphatic heterocycles. The Morgan fingerprint density at radius 3 is 2.83 bits per heavy atom. The van der Waals surface area contributed by atoms with E-state index in [-0.39, 0.29) is 17.9 Å². The SMILES string of the molecule is CCOC(=O)c1c(NC(=O)/C(C#N)=C/c2ccc([N+](=O)[O-])o2)sc2c1CCCC2. The number of anilines is 1. The Labute approximate surface area is 169 Å². The number of ether oxygens (including phenoxy) is 1. The van der Waals surface area contributed by atoms with Gasteiger partial charge in [-0.1, -0.05) is 0 Å². The van der Waals surface area contributed by atoms with Crippen LogP contribution in [0.5, 0.6) is 0 Å². The lowest BCUT2D eigenvalue weighted by Gasteiger charge is -2.12. The van der Waals surface area contributed by atoms with Gasteiger partial charge in [0.05, 0.1) is 18.2 Å². The smallest absolute Gasteiger partial charge is 0.433 e. The van der Waals surface area contributed by atoms with Crippen molar-refractivity contribution >= 4 is 40.2 Å². The summed E-state index contributed by atoms with van der Waals surface area (Å²) in [6, 6.07) is 4.17. The average Bonchev–Trinajstić information content (AvgIpc) is 3.30. The van der Waals surface area contributed by atoms with Gasteiger partial charge in [-0.25, -0.2) is 4.79 Å². The van der Waals surface area contributed by atoms with Crippen LogP contribution in [0.3, 0.4) is 0 Å². The highest BCUT2D eigenvalue weighted by Gasteiger charge is 2.28. The molecule has 150 valence electrons. The minimum atomic E-state index is -0.740. The van der Waals surface area contributed by atoms with Crippen LogP contribution in [0, 0.1) is 21.4 Å². The number of aryl methyl sites for hydroxylation is 1. The predicted octanol–water partition coefficient (Wildman–Crippen LogP) is 3.85. The molecule has 2 aromatic rings. The van der Waals surface area contributed by atoms with Crippen molar-refractivity contribution in [1.82, 2.24) is 0 Å². The zero-order valence-corrected chi connectivity index (χ0v) is 16.3. The van der Waals surface area contributed by atoms with Gasteiger partial charge in [-0.15, -0.1) is 11.3 Å². The van der Waals surface area contributed by atoms with Crippen LogP contribution >= 0.6 is 11.3 Å². The largest absolute Gasteiger partial charge is 0.462 e. The summed E-state index contributed by atoms with van der Waals surface area (Å²) in [4.78, 5) is 36.1. The van der Waals surface area contributed by atoms with Crippen LogP contribution in [0.2, 0.25) is 0 Å². The molecule has 9 nitrogen and oxygen atoms in total. The summed E-state index contributed by atoms with van der Waals surface area (Å²) >= 11 is 1.30. The Hall–Kier alpha value is -3.45. The van der Waals surface area contributed by atoms with Gasteiger partial charge in [0.1, 0.15) is 27.3 Å². The lowest BCUT2D eigenvalue weighted by molar-refractivity contribution is -0.402. The van der Waals surface area contributed by atoms with Crippen molar-refractivity contribution < 1.29 is 23.7 Å². The number of carbonyl (C=O) groups excluding carboxylic acids is 2. The van der Waals surface area contributed by atoms with E-state index in [2.05, 4.69) is 5.32 Å². The summed E-state index contributed by atoms with van der Waals surface area (Å²) in [5, 5.41) is 23.0. The summed E-state index contributed by atoms with van der Waals surface area (Å²) < 4.78 is 10.1. The zero-order valence-electron chi connectivity index (χ0n) is 15.5. The van der Waals surface area contributed by atoms with Gasteiger partial charge in [0, 0.05) is 11.0 Å². The fraction of sp³-hybridized carbons (Fsp3) is 0.316. The number of rotatable bonds is 6. The molecule has 29 heavy (non-hydrogen) atoms. The van der Waals surface area contributed by atoms with Gasteiger partial charge in [0.15, 0.2) is 0 Å². The van der Waals surface area contributed by atoms with Gasteiger partial charge in [0.2, 0.25) is 0 Å². The number of nitrogens with zero attached hydrogens (tertiary/aromatic N) is 2. The Balaban J connectivity index is 1.89. The van der Waals surface area contributed by atoms with Gasteiger partial charge >= 0.3 is 11.9 Å². The van der Waals surface area contributed by atoms with Gasteiger partial charge in [-0.2, -0.15) is 5.26 Å². The first-order valence-corrected chi connectivity index (χ1v) is 9.75. The van der Waals surface area contributed by atoms with Crippen molar-refractivity contribution in [3.8, 4) is 6.07 Å². The summed E-state index contributed by atoms with van der Waals surface area (Å²) in [7, 11) is 0. The van der Waals surface area contributed by atoms with Crippen molar-refractivity contribution in [2.75, 3.05) is 11.9 Å². The maximum Gasteiger partial charge on any atom is 0.433 e. The van der Waals surface area contributed by atoms with Crippen molar-refractivity contribution in [2.45, 2.75) is 32.6 Å². The molecule has 0 aromatic carbocycles. The molecule has 0 fully saturated rings. The Morgan fingerprint density at radius 1 is 1.41 bits per heavy atom. The van der Waals surface area contributed by atoms with E-state index in [4.69, 9.17) is 9.15 Å². The topological polar surface area (TPSA) is 135 Å². The molecule has 1 amide bonds. The van der Waals surface area contributed by atoms with Gasteiger partial charge < -0.3 is 14.5 Å². The number of esters is 1. The van der Waals surface area contributed by atoms with Gasteiger partial charge in [-0.05, 0) is 44.2 Å². The Morgan fingerprint density at radius 2 is 2.17 bits per heavy atom. The molecule has 2 heterocycles. The van der Waals surface area contributed by atoms with E-state index < -0.39 is 22.7 Å². The van der Waals surface area contributed by atoms with E-state index in [1.165, 1.54) is 17.4 Å². The van der Waals surface area contributed by atoms with Crippen molar-refractivity contribution in [3.63, 3.8) is 0 Å². The fourth-order valence-electron chi connectivity index (χ4n) is 3.05. The number of hydrogen-bond acceptors (Lipinski definition) is 8. The molecule has 0 bridgehead atoms. The van der Waals surface area contributed by atoms with E-state index in [0.717, 1.165) is 48.3 Å². The van der Waals surface area contributed by atoms with Crippen molar-refractivity contribution in [1.29, 1.82) is 5.26 Å². The lowest BCUT2D eigenvalue weighted by atomic mass is 9.95. The summed E-state index contributed by atoms with van der Waals surface area (Å²) in [5.74, 6) is -1.74. The third-order valence-corrected chi connectivity index (χ3v) is 5.53. The van der Waals surface area contributed by atoms with Crippen LogP contribution in [0.4, 0.5) is 10.9 Å². The Bertz CT molecular complexity index is 1040. The monoisotopic (exact) mass is 415 g/mol. The van der Waals surface area contributed by atoms with Crippen LogP contribution in [-0.4, -0.2) is 23.4 Å². The standard InChI is InChI=1S/C19H17N3O6S/c1-2-27-19(24)16-13-5-3-4-6-14(13)29-18(16)21-17(23)11(10-20)9-12-7-8-15(28-12)22(25)26/h7-9H,2-6H2,1H3,(H,21,23)/b11-9+. The summed E-state index contributed by atoms with van der Waals surface area (Å²) in [6.45, 7) is 1.91. The fourth-order valence-corrected chi connectivity index (χ4v) is 4.32. The molecule has 0 saturated carbocycles. The highest BCUT2D eigenvalue weighted by molar-refractivity contribution is 7.17. The maximum atomic E-state index is 12.6. The minimum Gasteiger partial charge on any atom is -0.462 e. The third-order valence-electron chi connectivity index (χ3n) is 4.32. The molecule has 0 radical (unpaired) electrons. The number of furan rings is 1. The minimum absolute atomic E-state index is 0.000472. The van der Waals surface area contributed by atoms with Crippen LogP contribution in [-0.2, 0) is 22.4 Å². The Kier molecular flexibility index (Phi) is 6.09. The first-order valence-electron chi connectivity index (χ1n) is 8.93. The van der Waals surface area contributed by atoms with Crippen LogP contribution in [0.25, 0.3) is 6.08 Å². The molecule has 0 unspecified atom stereocenters. The lowest BCUT2D eigenvalue weighted by Crippen LogP contribution is -2.16. The summed E-state index contributed by atoms with van der Waals surface area (Å²) in [6.07, 6.45) is 4.61. The molecule has 3 rings (SSSR count). The zero-order chi connectivity index (χ0) is 21.0. The highest BCUT2D eigenvalue weighted by Crippen LogP contribution is 2.38. The highest BCUT2D eigenvalue weighted by atomic mass is 32.1. The molecule has 0 atom stereocenters. The quantitative estimate of drug-likeness (QED) is 0.249. The molecule has 1 aliphatic carbocycles. The molecule has 1 aliphatic rings. The molecule has 0 spiro atoms. The molecule has 0 saturated heterocycles. The van der Waals surface area contributed by atoms with E-state index >= 15 is 0 Å². The second kappa shape index (κ2) is 8.70. The second-order valence-corrected chi connectivity index (χ2v) is 7.30. The van der Waals surface area contributed by atoms with Gasteiger partial charge in [0.25, 0.3) is 5.91 Å². The third kappa shape index (κ3) is 4.35. The molecular formula is C19H17N3O6S. The number of nitriles is 1. The van der Waals surface area contributed by atoms with E-state index in [0.29, 0.717) is 10.6 Å². The number of fused-ring (bicyclic) bond motifs is 1. The number of amides is 1. The van der Waals surface area contributed by atoms with E-state index in [9.17, 15) is 25.0 Å². The number of nitro groups is 1. The average molecular weight is 415 g/mol. The normalized spacial score (nSPS) is 13.3. The van der Waals surface area contributed by atoms with Crippen LogP contribution in [0.1, 0.15) is 46.3 Å². The van der Waals surface area contributed by atoms with Gasteiger partial charge in [-0.3, -0.25) is 14.9 Å². The first-order chi connectivity index (χ1) is 13.9. The van der Waals surface area contributed by atoms with Crippen LogP contribution in [0.15, 0.2) is 22.1 Å². The number of carbonyl (C=O) groups is 2. The molecular weight excluding hydrogens is 398 g/mol. The molecule has 1 N–H and O–H groups in total. The number of hydrogen-bond donors (Lipinski definition) is 1.